The number of hydrogen-bond donors (Lipinski definition) is 2. The molecule has 3 rings (SSSR count). The monoisotopic (exact) mass is 246 g/mol. The van der Waals surface area contributed by atoms with Crippen molar-refractivity contribution >= 4 is 11.6 Å². The van der Waals surface area contributed by atoms with Crippen molar-refractivity contribution in [2.75, 3.05) is 5.32 Å². The van der Waals surface area contributed by atoms with Gasteiger partial charge in [-0.05, 0) is 37.2 Å². The van der Waals surface area contributed by atoms with Crippen LogP contribution in [0.2, 0.25) is 0 Å². The lowest BCUT2D eigenvalue weighted by atomic mass is 9.88. The average molecular weight is 246 g/mol. The lowest BCUT2D eigenvalue weighted by Crippen LogP contribution is -2.27. The van der Waals surface area contributed by atoms with Gasteiger partial charge in [-0.2, -0.15) is 0 Å². The number of carbonyl (C=O) groups is 1. The molecule has 0 spiro atoms. The molecule has 2 aliphatic carbocycles. The van der Waals surface area contributed by atoms with E-state index in [1.54, 1.807) is 18.5 Å². The molecule has 3 unspecified atom stereocenters. The highest BCUT2D eigenvalue weighted by molar-refractivity contribution is 5.93. The molecule has 0 saturated heterocycles. The molecule has 1 amide bonds. The van der Waals surface area contributed by atoms with Crippen LogP contribution in [0.5, 0.6) is 0 Å². The Kier molecular flexibility index (Phi) is 3.04. The van der Waals surface area contributed by atoms with Gasteiger partial charge in [-0.15, -0.1) is 0 Å². The van der Waals surface area contributed by atoms with Gasteiger partial charge in [0.15, 0.2) is 0 Å². The number of pyridine rings is 1. The Morgan fingerprint density at radius 1 is 1.44 bits per heavy atom. The minimum atomic E-state index is -0.0746. The smallest absolute Gasteiger partial charge is 0.227 e. The quantitative estimate of drug-likeness (QED) is 0.856. The summed E-state index contributed by atoms with van der Waals surface area (Å²) in [4.78, 5) is 16.2. The van der Waals surface area contributed by atoms with Crippen molar-refractivity contribution in [1.29, 1.82) is 0 Å². The van der Waals surface area contributed by atoms with Crippen molar-refractivity contribution in [1.82, 2.24) is 4.98 Å². The van der Waals surface area contributed by atoms with Crippen LogP contribution in [0.1, 0.15) is 31.2 Å². The zero-order valence-electron chi connectivity index (χ0n) is 10.3. The molecule has 2 saturated carbocycles. The summed E-state index contributed by atoms with van der Waals surface area (Å²) < 4.78 is 0. The lowest BCUT2D eigenvalue weighted by molar-refractivity contribution is -0.121. The van der Waals surface area contributed by atoms with E-state index in [2.05, 4.69) is 10.3 Å². The second-order valence-corrected chi connectivity index (χ2v) is 5.46. The second-order valence-electron chi connectivity index (χ2n) is 5.46. The van der Waals surface area contributed by atoms with Gasteiger partial charge in [0.25, 0.3) is 0 Å². The van der Waals surface area contributed by atoms with E-state index in [0.717, 1.165) is 17.9 Å². The molecule has 96 valence electrons. The minimum absolute atomic E-state index is 0.0746. The molecule has 4 heteroatoms. The lowest BCUT2D eigenvalue weighted by Gasteiger charge is -2.21. The summed E-state index contributed by atoms with van der Waals surface area (Å²) in [6, 6.07) is 1.73. The number of nitrogens with zero attached hydrogens (tertiary/aromatic N) is 1. The molecule has 18 heavy (non-hydrogen) atoms. The van der Waals surface area contributed by atoms with E-state index in [1.807, 2.05) is 0 Å². The average Bonchev–Trinajstić information content (AvgIpc) is 3.01. The molecule has 2 aliphatic rings. The van der Waals surface area contributed by atoms with Crippen molar-refractivity contribution in [2.45, 2.75) is 32.3 Å². The van der Waals surface area contributed by atoms with Crippen LogP contribution in [0.3, 0.4) is 0 Å². The Labute approximate surface area is 106 Å². The first kappa shape index (κ1) is 11.7. The number of carbonyl (C=O) groups excluding carboxylic acids is 1. The molecule has 0 radical (unpaired) electrons. The Morgan fingerprint density at radius 3 is 3.00 bits per heavy atom. The molecule has 2 N–H and O–H groups in total. The summed E-state index contributed by atoms with van der Waals surface area (Å²) >= 11 is 0. The number of rotatable bonds is 3. The zero-order valence-corrected chi connectivity index (χ0v) is 10.3. The van der Waals surface area contributed by atoms with Crippen LogP contribution in [0.25, 0.3) is 0 Å². The third-order valence-electron chi connectivity index (χ3n) is 4.41. The molecule has 3 atom stereocenters. The number of aliphatic hydroxyl groups is 1. The molecule has 0 aliphatic heterocycles. The highest BCUT2D eigenvalue weighted by Gasteiger charge is 2.43. The van der Waals surface area contributed by atoms with Crippen molar-refractivity contribution in [2.24, 2.45) is 17.8 Å². The summed E-state index contributed by atoms with van der Waals surface area (Å²) in [7, 11) is 0. The topological polar surface area (TPSA) is 62.2 Å². The van der Waals surface area contributed by atoms with Gasteiger partial charge < -0.3 is 10.4 Å². The fraction of sp³-hybridized carbons (Fsp3) is 0.571. The molecule has 1 aromatic heterocycles. The van der Waals surface area contributed by atoms with Crippen LogP contribution in [-0.2, 0) is 11.4 Å². The van der Waals surface area contributed by atoms with Crippen LogP contribution < -0.4 is 5.32 Å². The first-order valence-corrected chi connectivity index (χ1v) is 6.62. The predicted octanol–water partition coefficient (Wildman–Crippen LogP) is 1.95. The van der Waals surface area contributed by atoms with E-state index in [-0.39, 0.29) is 18.4 Å². The largest absolute Gasteiger partial charge is 0.392 e. The first-order chi connectivity index (χ1) is 8.78. The van der Waals surface area contributed by atoms with E-state index in [4.69, 9.17) is 0 Å². The summed E-state index contributed by atoms with van der Waals surface area (Å²) in [6.45, 7) is -0.0746. The van der Waals surface area contributed by atoms with Crippen molar-refractivity contribution in [3.05, 3.63) is 24.0 Å². The van der Waals surface area contributed by atoms with Gasteiger partial charge in [-0.1, -0.05) is 6.42 Å². The molecule has 2 fully saturated rings. The standard InChI is InChI=1S/C14H18N2O2/c17-8-11-3-4-15-7-13(11)16-14(18)12-6-9-1-2-10(12)5-9/h3-4,7,9-10,12,17H,1-2,5-6,8H2,(H,16,18). The van der Waals surface area contributed by atoms with Crippen molar-refractivity contribution in [3.63, 3.8) is 0 Å². The summed E-state index contributed by atoms with van der Waals surface area (Å²) in [6.07, 6.45) is 7.98. The molecule has 0 aromatic carbocycles. The van der Waals surface area contributed by atoms with Gasteiger partial charge in [0.2, 0.25) is 5.91 Å². The second kappa shape index (κ2) is 4.69. The number of fused-ring (bicyclic) bond motifs is 2. The third kappa shape index (κ3) is 2.01. The van der Waals surface area contributed by atoms with Crippen molar-refractivity contribution < 1.29 is 9.90 Å². The minimum Gasteiger partial charge on any atom is -0.392 e. The van der Waals surface area contributed by atoms with E-state index in [9.17, 15) is 9.90 Å². The normalized spacial score (nSPS) is 29.5. The molecule has 1 aromatic rings. The number of nitrogens with one attached hydrogen (secondary N) is 1. The Morgan fingerprint density at radius 2 is 2.33 bits per heavy atom. The Bertz CT molecular complexity index is 461. The SMILES string of the molecule is O=C(Nc1cnccc1CO)C1CC2CCC1C2. The maximum absolute atomic E-state index is 12.3. The highest BCUT2D eigenvalue weighted by Crippen LogP contribution is 2.48. The number of amides is 1. The molecule has 4 nitrogen and oxygen atoms in total. The predicted molar refractivity (Wildman–Crippen MR) is 67.7 cm³/mol. The molecular weight excluding hydrogens is 228 g/mol. The van der Waals surface area contributed by atoms with Gasteiger partial charge >= 0.3 is 0 Å². The summed E-state index contributed by atoms with van der Waals surface area (Å²) in [5, 5.41) is 12.1. The number of anilines is 1. The third-order valence-corrected chi connectivity index (χ3v) is 4.41. The van der Waals surface area contributed by atoms with Gasteiger partial charge in [-0.25, -0.2) is 0 Å². The summed E-state index contributed by atoms with van der Waals surface area (Å²) in [5.41, 5.74) is 1.37. The first-order valence-electron chi connectivity index (χ1n) is 6.62. The van der Waals surface area contributed by atoms with Gasteiger partial charge in [-0.3, -0.25) is 9.78 Å². The fourth-order valence-corrected chi connectivity index (χ4v) is 3.46. The van der Waals surface area contributed by atoms with Crippen LogP contribution in [0, 0.1) is 17.8 Å². The van der Waals surface area contributed by atoms with E-state index in [1.165, 1.54) is 19.3 Å². The van der Waals surface area contributed by atoms with E-state index < -0.39 is 0 Å². The van der Waals surface area contributed by atoms with Crippen molar-refractivity contribution in [3.8, 4) is 0 Å². The number of aliphatic hydroxyl groups excluding tert-OH is 1. The number of aromatic nitrogens is 1. The number of hydrogen-bond acceptors (Lipinski definition) is 3. The Balaban J connectivity index is 1.71. The molecule has 1 heterocycles. The van der Waals surface area contributed by atoms with Gasteiger partial charge in [0, 0.05) is 17.7 Å². The van der Waals surface area contributed by atoms with Gasteiger partial charge in [0.1, 0.15) is 0 Å². The van der Waals surface area contributed by atoms with Crippen LogP contribution in [0.15, 0.2) is 18.5 Å². The molecular formula is C14H18N2O2. The highest BCUT2D eigenvalue weighted by atomic mass is 16.3. The van der Waals surface area contributed by atoms with Gasteiger partial charge in [0.05, 0.1) is 18.5 Å². The van der Waals surface area contributed by atoms with Crippen LogP contribution >= 0.6 is 0 Å². The Hall–Kier alpha value is -1.42. The van der Waals surface area contributed by atoms with Crippen LogP contribution in [0.4, 0.5) is 5.69 Å². The fourth-order valence-electron chi connectivity index (χ4n) is 3.46. The van der Waals surface area contributed by atoms with E-state index >= 15 is 0 Å². The van der Waals surface area contributed by atoms with E-state index in [0.29, 0.717) is 11.6 Å². The zero-order chi connectivity index (χ0) is 12.5. The maximum Gasteiger partial charge on any atom is 0.227 e. The maximum atomic E-state index is 12.3. The summed E-state index contributed by atoms with van der Waals surface area (Å²) in [5.74, 6) is 1.60. The van der Waals surface area contributed by atoms with Crippen LogP contribution in [-0.4, -0.2) is 16.0 Å². The molecule has 2 bridgehead atoms.